The zero-order chi connectivity index (χ0) is 17.7. The molecule has 1 amide bonds. The molecule has 0 aliphatic carbocycles. The fourth-order valence-corrected chi connectivity index (χ4v) is 4.03. The van der Waals surface area contributed by atoms with Crippen molar-refractivity contribution in [2.45, 2.75) is 13.0 Å². The molecule has 0 radical (unpaired) electrons. The summed E-state index contributed by atoms with van der Waals surface area (Å²) in [5.41, 5.74) is 0.857. The first kappa shape index (κ1) is 18.6. The van der Waals surface area contributed by atoms with Crippen LogP contribution in [0.3, 0.4) is 0 Å². The predicted molar refractivity (Wildman–Crippen MR) is 94.8 cm³/mol. The van der Waals surface area contributed by atoms with E-state index in [1.807, 2.05) is 37.3 Å². The van der Waals surface area contributed by atoms with Gasteiger partial charge in [-0.05, 0) is 18.6 Å². The number of piperazine rings is 1. The highest BCUT2D eigenvalue weighted by Gasteiger charge is 2.33. The number of quaternary nitrogens is 1. The van der Waals surface area contributed by atoms with E-state index >= 15 is 0 Å². The smallest absolute Gasteiger partial charge is 0.280 e. The summed E-state index contributed by atoms with van der Waals surface area (Å²) in [6.45, 7) is 4.04. The van der Waals surface area contributed by atoms with Gasteiger partial charge in [-0.3, -0.25) is 4.79 Å². The van der Waals surface area contributed by atoms with Crippen molar-refractivity contribution in [1.29, 1.82) is 0 Å². The van der Waals surface area contributed by atoms with Gasteiger partial charge in [0, 0.05) is 19.5 Å². The average molecular weight is 352 g/mol. The van der Waals surface area contributed by atoms with Crippen LogP contribution < -0.4 is 4.90 Å². The standard InChI is InChI=1S/C17H25N3O3S/c1-15(17(21)18(2)3)19-10-12-20(13-11-19)24(22,23)14-9-16-7-5-4-6-8-16/h4-9,14-15H,10-13H2,1-3H3/p+1/b14-9+/t15-/m1/s1. The molecule has 1 aliphatic rings. The number of carbonyl (C=O) groups excluding carboxylic acids is 1. The van der Waals surface area contributed by atoms with E-state index in [-0.39, 0.29) is 11.9 Å². The van der Waals surface area contributed by atoms with Gasteiger partial charge in [-0.1, -0.05) is 30.3 Å². The third kappa shape index (κ3) is 4.66. The monoisotopic (exact) mass is 352 g/mol. The number of rotatable bonds is 5. The van der Waals surface area contributed by atoms with Gasteiger partial charge in [-0.15, -0.1) is 0 Å². The van der Waals surface area contributed by atoms with Crippen LogP contribution in [-0.2, 0) is 14.8 Å². The third-order valence-electron chi connectivity index (χ3n) is 4.38. The summed E-state index contributed by atoms with van der Waals surface area (Å²) in [7, 11) is 0.0637. The summed E-state index contributed by atoms with van der Waals surface area (Å²) >= 11 is 0. The van der Waals surface area contributed by atoms with E-state index in [0.29, 0.717) is 26.2 Å². The average Bonchev–Trinajstić information content (AvgIpc) is 2.59. The predicted octanol–water partition coefficient (Wildman–Crippen LogP) is -0.336. The van der Waals surface area contributed by atoms with Crippen LogP contribution in [0.2, 0.25) is 0 Å². The molecule has 6 nitrogen and oxygen atoms in total. The van der Waals surface area contributed by atoms with Crippen molar-refractivity contribution in [3.8, 4) is 0 Å². The van der Waals surface area contributed by atoms with E-state index < -0.39 is 10.0 Å². The van der Waals surface area contributed by atoms with Crippen LogP contribution in [0.4, 0.5) is 0 Å². The molecule has 1 aliphatic heterocycles. The normalized spacial score (nSPS) is 18.6. The van der Waals surface area contributed by atoms with Crippen molar-refractivity contribution < 1.29 is 18.1 Å². The second-order valence-electron chi connectivity index (χ2n) is 6.27. The van der Waals surface area contributed by atoms with E-state index in [9.17, 15) is 13.2 Å². The molecule has 1 heterocycles. The largest absolute Gasteiger partial charge is 0.344 e. The Morgan fingerprint density at radius 1 is 1.21 bits per heavy atom. The van der Waals surface area contributed by atoms with Crippen molar-refractivity contribution in [2.75, 3.05) is 40.3 Å². The van der Waals surface area contributed by atoms with Crippen LogP contribution >= 0.6 is 0 Å². The molecule has 0 saturated carbocycles. The van der Waals surface area contributed by atoms with Crippen molar-refractivity contribution in [1.82, 2.24) is 9.21 Å². The molecule has 1 saturated heterocycles. The van der Waals surface area contributed by atoms with Crippen LogP contribution in [0.25, 0.3) is 6.08 Å². The minimum atomic E-state index is -3.42. The zero-order valence-electron chi connectivity index (χ0n) is 14.5. The second kappa shape index (κ2) is 7.92. The summed E-state index contributed by atoms with van der Waals surface area (Å²) in [5.74, 6) is 0.0743. The number of benzene rings is 1. The fourth-order valence-electron chi connectivity index (χ4n) is 2.84. The van der Waals surface area contributed by atoms with E-state index in [1.165, 1.54) is 9.71 Å². The van der Waals surface area contributed by atoms with Crippen molar-refractivity contribution >= 4 is 22.0 Å². The lowest BCUT2D eigenvalue weighted by Gasteiger charge is -2.34. The number of sulfonamides is 1. The summed E-state index contributed by atoms with van der Waals surface area (Å²) in [5, 5.41) is 1.27. The number of amides is 1. The van der Waals surface area contributed by atoms with Crippen molar-refractivity contribution in [3.05, 3.63) is 41.3 Å². The maximum Gasteiger partial charge on any atom is 0.280 e. The first-order valence-electron chi connectivity index (χ1n) is 8.10. The van der Waals surface area contributed by atoms with Gasteiger partial charge < -0.3 is 9.80 Å². The summed E-state index contributed by atoms with van der Waals surface area (Å²) in [6.07, 6.45) is 1.62. The molecule has 1 atom stereocenters. The molecule has 24 heavy (non-hydrogen) atoms. The Bertz CT molecular complexity index is 678. The molecule has 0 unspecified atom stereocenters. The lowest BCUT2D eigenvalue weighted by molar-refractivity contribution is -0.917. The molecule has 7 heteroatoms. The van der Waals surface area contributed by atoms with E-state index in [1.54, 1.807) is 25.1 Å². The molecule has 132 valence electrons. The third-order valence-corrected chi connectivity index (χ3v) is 5.95. The van der Waals surface area contributed by atoms with E-state index in [4.69, 9.17) is 0 Å². The molecule has 0 aromatic heterocycles. The van der Waals surface area contributed by atoms with Gasteiger partial charge in [0.2, 0.25) is 10.0 Å². The lowest BCUT2D eigenvalue weighted by Crippen LogP contribution is -3.19. The first-order chi connectivity index (χ1) is 11.3. The Morgan fingerprint density at radius 2 is 1.79 bits per heavy atom. The van der Waals surface area contributed by atoms with Gasteiger partial charge in [-0.25, -0.2) is 8.42 Å². The fraction of sp³-hybridized carbons (Fsp3) is 0.471. The molecular weight excluding hydrogens is 326 g/mol. The summed E-state index contributed by atoms with van der Waals surface area (Å²) < 4.78 is 26.4. The minimum Gasteiger partial charge on any atom is -0.344 e. The number of nitrogens with one attached hydrogen (secondary N) is 1. The van der Waals surface area contributed by atoms with Crippen LogP contribution in [0.15, 0.2) is 35.7 Å². The van der Waals surface area contributed by atoms with Crippen LogP contribution in [0.5, 0.6) is 0 Å². The quantitative estimate of drug-likeness (QED) is 0.789. The molecule has 1 aromatic carbocycles. The topological polar surface area (TPSA) is 62.1 Å². The Morgan fingerprint density at radius 3 is 2.33 bits per heavy atom. The van der Waals surface area contributed by atoms with Crippen LogP contribution in [-0.4, -0.2) is 69.8 Å². The highest BCUT2D eigenvalue weighted by molar-refractivity contribution is 7.92. The number of likely N-dealkylation sites (N-methyl/N-ethyl adjacent to an activating group) is 1. The van der Waals surface area contributed by atoms with Gasteiger partial charge in [0.15, 0.2) is 6.04 Å². The highest BCUT2D eigenvalue weighted by Crippen LogP contribution is 2.08. The Labute approximate surface area is 144 Å². The minimum absolute atomic E-state index is 0.0743. The van der Waals surface area contributed by atoms with Crippen LogP contribution in [0, 0.1) is 0 Å². The molecular formula is C17H26N3O3S+. The maximum atomic E-state index is 12.4. The first-order valence-corrected chi connectivity index (χ1v) is 9.60. The van der Waals surface area contributed by atoms with Gasteiger partial charge in [-0.2, -0.15) is 4.31 Å². The lowest BCUT2D eigenvalue weighted by atomic mass is 10.2. The van der Waals surface area contributed by atoms with E-state index in [0.717, 1.165) is 10.5 Å². The molecule has 1 N–H and O–H groups in total. The number of carbonyl (C=O) groups is 1. The van der Waals surface area contributed by atoms with Gasteiger partial charge >= 0.3 is 0 Å². The Kier molecular flexibility index (Phi) is 6.15. The summed E-state index contributed by atoms with van der Waals surface area (Å²) in [4.78, 5) is 14.8. The molecule has 0 spiro atoms. The summed E-state index contributed by atoms with van der Waals surface area (Å²) in [6, 6.07) is 9.22. The van der Waals surface area contributed by atoms with Crippen molar-refractivity contribution in [2.24, 2.45) is 0 Å². The molecule has 1 fully saturated rings. The molecule has 2 rings (SSSR count). The number of nitrogens with zero attached hydrogens (tertiary/aromatic N) is 2. The number of hydrogen-bond donors (Lipinski definition) is 1. The van der Waals surface area contributed by atoms with Crippen LogP contribution in [0.1, 0.15) is 12.5 Å². The molecule has 1 aromatic rings. The van der Waals surface area contributed by atoms with Crippen molar-refractivity contribution in [3.63, 3.8) is 0 Å². The van der Waals surface area contributed by atoms with Gasteiger partial charge in [0.05, 0.1) is 26.2 Å². The zero-order valence-corrected chi connectivity index (χ0v) is 15.3. The maximum absolute atomic E-state index is 12.4. The van der Waals surface area contributed by atoms with Gasteiger partial charge in [0.1, 0.15) is 0 Å². The second-order valence-corrected chi connectivity index (χ2v) is 8.09. The highest BCUT2D eigenvalue weighted by atomic mass is 32.2. The van der Waals surface area contributed by atoms with Gasteiger partial charge in [0.25, 0.3) is 5.91 Å². The Balaban J connectivity index is 1.96. The Hall–Kier alpha value is -1.70. The molecule has 0 bridgehead atoms. The SMILES string of the molecule is C[C@H](C(=O)N(C)C)[NH+]1CCN(S(=O)(=O)/C=C/c2ccccc2)CC1. The number of hydrogen-bond acceptors (Lipinski definition) is 3. The van der Waals surface area contributed by atoms with E-state index in [2.05, 4.69) is 0 Å².